The molecule has 3 rings (SSSR count). The highest BCUT2D eigenvalue weighted by atomic mass is 35.5. The Morgan fingerprint density at radius 1 is 1.24 bits per heavy atom. The van der Waals surface area contributed by atoms with E-state index in [1.807, 2.05) is 24.3 Å². The highest BCUT2D eigenvalue weighted by Crippen LogP contribution is 2.28. The smallest absolute Gasteiger partial charge is 0.299 e. The Bertz CT molecular complexity index is 806. The van der Waals surface area contributed by atoms with Gasteiger partial charge in [0.05, 0.1) is 6.04 Å². The number of aromatic nitrogens is 3. The molecule has 0 N–H and O–H groups in total. The molecule has 1 aromatic carbocycles. The first kappa shape index (κ1) is 18.0. The van der Waals surface area contributed by atoms with Crippen molar-refractivity contribution in [1.82, 2.24) is 19.2 Å². The summed E-state index contributed by atoms with van der Waals surface area (Å²) in [7, 11) is 1.10. The van der Waals surface area contributed by atoms with Crippen LogP contribution >= 0.6 is 11.6 Å². The van der Waals surface area contributed by atoms with Crippen LogP contribution in [-0.2, 0) is 19.8 Å². The van der Waals surface area contributed by atoms with Crippen molar-refractivity contribution in [1.29, 1.82) is 0 Å². The molecular weight excluding hydrogens is 357 g/mol. The van der Waals surface area contributed by atoms with E-state index >= 15 is 0 Å². The Balaban J connectivity index is 1.69. The fourth-order valence-corrected chi connectivity index (χ4v) is 3.33. The molecule has 0 amide bonds. The molecule has 0 spiro atoms. The van der Waals surface area contributed by atoms with Crippen molar-refractivity contribution in [3.8, 4) is 0 Å². The standard InChI is InChI=1S/C16H18ClF3N4O/c1-22-14(16(18,19)20)21-24(15(22)25)12-6-8-23(9-7-12)10-11-4-2-3-5-13(11)17/h2-5,12H,6-10H2,1H3. The summed E-state index contributed by atoms with van der Waals surface area (Å²) >= 11 is 6.16. The van der Waals surface area contributed by atoms with Crippen LogP contribution in [0, 0.1) is 0 Å². The van der Waals surface area contributed by atoms with Gasteiger partial charge < -0.3 is 0 Å². The lowest BCUT2D eigenvalue weighted by Gasteiger charge is -2.31. The van der Waals surface area contributed by atoms with Crippen molar-refractivity contribution in [3.05, 3.63) is 51.2 Å². The second-order valence-electron chi connectivity index (χ2n) is 6.21. The number of hydrogen-bond donors (Lipinski definition) is 0. The second kappa shape index (κ2) is 6.84. The minimum absolute atomic E-state index is 0.322. The molecule has 0 atom stereocenters. The Morgan fingerprint density at radius 3 is 2.44 bits per heavy atom. The van der Waals surface area contributed by atoms with E-state index in [1.165, 1.54) is 0 Å². The van der Waals surface area contributed by atoms with Crippen LogP contribution in [0.25, 0.3) is 0 Å². The zero-order valence-electron chi connectivity index (χ0n) is 13.6. The third-order valence-electron chi connectivity index (χ3n) is 4.51. The van der Waals surface area contributed by atoms with E-state index in [1.54, 1.807) is 0 Å². The minimum atomic E-state index is -4.63. The van der Waals surface area contributed by atoms with E-state index in [9.17, 15) is 18.0 Å². The number of halogens is 4. The van der Waals surface area contributed by atoms with Gasteiger partial charge in [-0.3, -0.25) is 9.47 Å². The maximum absolute atomic E-state index is 12.9. The van der Waals surface area contributed by atoms with Crippen molar-refractivity contribution in [2.75, 3.05) is 13.1 Å². The summed E-state index contributed by atoms with van der Waals surface area (Å²) < 4.78 is 40.2. The van der Waals surface area contributed by atoms with Crippen molar-refractivity contribution >= 4 is 11.6 Å². The quantitative estimate of drug-likeness (QED) is 0.829. The Kier molecular flexibility index (Phi) is 4.92. The summed E-state index contributed by atoms with van der Waals surface area (Å²) in [6, 6.07) is 7.24. The topological polar surface area (TPSA) is 43.1 Å². The second-order valence-corrected chi connectivity index (χ2v) is 6.61. The molecule has 5 nitrogen and oxygen atoms in total. The summed E-state index contributed by atoms with van der Waals surface area (Å²) in [5.41, 5.74) is 0.286. The van der Waals surface area contributed by atoms with E-state index in [0.717, 1.165) is 17.3 Å². The van der Waals surface area contributed by atoms with Gasteiger partial charge in [-0.2, -0.15) is 13.2 Å². The molecule has 1 saturated heterocycles. The molecule has 0 saturated carbocycles. The van der Waals surface area contributed by atoms with Gasteiger partial charge in [0, 0.05) is 31.7 Å². The summed E-state index contributed by atoms with van der Waals surface area (Å²) in [5.74, 6) is -1.16. The summed E-state index contributed by atoms with van der Waals surface area (Å²) in [5, 5.41) is 4.22. The van der Waals surface area contributed by atoms with Crippen LogP contribution in [-0.4, -0.2) is 32.3 Å². The lowest BCUT2D eigenvalue weighted by Crippen LogP contribution is -2.37. The van der Waals surface area contributed by atoms with Crippen molar-refractivity contribution in [2.45, 2.75) is 31.6 Å². The molecule has 0 bridgehead atoms. The Labute approximate surface area is 147 Å². The van der Waals surface area contributed by atoms with Gasteiger partial charge in [0.2, 0.25) is 5.82 Å². The van der Waals surface area contributed by atoms with Crippen LogP contribution in [0.4, 0.5) is 13.2 Å². The summed E-state index contributed by atoms with van der Waals surface area (Å²) in [6.07, 6.45) is -3.50. The molecule has 136 valence electrons. The van der Waals surface area contributed by atoms with Crippen LogP contribution in [0.2, 0.25) is 5.02 Å². The predicted octanol–water partition coefficient (Wildman–Crippen LogP) is 3.09. The molecule has 1 aliphatic heterocycles. The van der Waals surface area contributed by atoms with Crippen molar-refractivity contribution < 1.29 is 13.2 Å². The van der Waals surface area contributed by atoms with Crippen molar-refractivity contribution in [3.63, 3.8) is 0 Å². The predicted molar refractivity (Wildman–Crippen MR) is 87.5 cm³/mol. The molecule has 25 heavy (non-hydrogen) atoms. The van der Waals surface area contributed by atoms with E-state index in [-0.39, 0.29) is 6.04 Å². The first-order chi connectivity index (χ1) is 11.8. The van der Waals surface area contributed by atoms with Crippen LogP contribution in [0.3, 0.4) is 0 Å². The average Bonchev–Trinajstić information content (AvgIpc) is 2.86. The van der Waals surface area contributed by atoms with Crippen molar-refractivity contribution in [2.24, 2.45) is 7.05 Å². The highest BCUT2D eigenvalue weighted by Gasteiger charge is 2.39. The fraction of sp³-hybridized carbons (Fsp3) is 0.500. The minimum Gasteiger partial charge on any atom is -0.299 e. The molecule has 2 aromatic rings. The molecule has 1 aliphatic rings. The van der Waals surface area contributed by atoms with Crippen LogP contribution in [0.1, 0.15) is 30.3 Å². The Morgan fingerprint density at radius 2 is 1.88 bits per heavy atom. The zero-order chi connectivity index (χ0) is 18.2. The van der Waals surface area contributed by atoms with Gasteiger partial charge in [0.15, 0.2) is 0 Å². The van der Waals surface area contributed by atoms with Gasteiger partial charge in [-0.05, 0) is 24.5 Å². The molecular formula is C16H18ClF3N4O. The van der Waals surface area contributed by atoms with Crippen LogP contribution < -0.4 is 5.69 Å². The number of alkyl halides is 3. The maximum atomic E-state index is 12.9. The highest BCUT2D eigenvalue weighted by molar-refractivity contribution is 6.31. The maximum Gasteiger partial charge on any atom is 0.451 e. The number of hydrogen-bond acceptors (Lipinski definition) is 3. The molecule has 0 radical (unpaired) electrons. The summed E-state index contributed by atoms with van der Waals surface area (Å²) in [6.45, 7) is 2.01. The first-order valence-corrected chi connectivity index (χ1v) is 8.33. The van der Waals surface area contributed by atoms with E-state index in [4.69, 9.17) is 11.6 Å². The SMILES string of the molecule is Cn1c(C(F)(F)F)nn(C2CCN(Cc3ccccc3Cl)CC2)c1=O. The monoisotopic (exact) mass is 374 g/mol. The van der Waals surface area contributed by atoms with Gasteiger partial charge in [0.25, 0.3) is 0 Å². The Hall–Kier alpha value is -1.80. The largest absolute Gasteiger partial charge is 0.451 e. The lowest BCUT2D eigenvalue weighted by atomic mass is 10.0. The first-order valence-electron chi connectivity index (χ1n) is 7.96. The number of benzene rings is 1. The van der Waals surface area contributed by atoms with E-state index in [0.29, 0.717) is 42.1 Å². The molecule has 1 fully saturated rings. The number of nitrogens with zero attached hydrogens (tertiary/aromatic N) is 4. The number of rotatable bonds is 3. The van der Waals surface area contributed by atoms with Gasteiger partial charge in [-0.15, -0.1) is 5.10 Å². The zero-order valence-corrected chi connectivity index (χ0v) is 14.4. The normalized spacial score (nSPS) is 17.2. The van der Waals surface area contributed by atoms with Gasteiger partial charge in [-0.25, -0.2) is 9.48 Å². The van der Waals surface area contributed by atoms with E-state index < -0.39 is 17.7 Å². The van der Waals surface area contributed by atoms with Gasteiger partial charge in [-0.1, -0.05) is 29.8 Å². The molecule has 9 heteroatoms. The molecule has 0 aliphatic carbocycles. The molecule has 2 heterocycles. The van der Waals surface area contributed by atoms with Crippen LogP contribution in [0.15, 0.2) is 29.1 Å². The molecule has 1 aromatic heterocycles. The van der Waals surface area contributed by atoms with Gasteiger partial charge in [0.1, 0.15) is 0 Å². The van der Waals surface area contributed by atoms with Crippen LogP contribution in [0.5, 0.6) is 0 Å². The lowest BCUT2D eigenvalue weighted by molar-refractivity contribution is -0.147. The summed E-state index contributed by atoms with van der Waals surface area (Å²) in [4.78, 5) is 14.3. The third kappa shape index (κ3) is 3.74. The molecule has 0 unspecified atom stereocenters. The fourth-order valence-electron chi connectivity index (χ4n) is 3.13. The number of piperidine rings is 1. The number of likely N-dealkylation sites (tertiary alicyclic amines) is 1. The van der Waals surface area contributed by atoms with Gasteiger partial charge >= 0.3 is 11.9 Å². The third-order valence-corrected chi connectivity index (χ3v) is 4.88. The van der Waals surface area contributed by atoms with E-state index in [2.05, 4.69) is 10.00 Å². The average molecular weight is 375 g/mol.